The summed E-state index contributed by atoms with van der Waals surface area (Å²) < 4.78 is 5.14. The predicted octanol–water partition coefficient (Wildman–Crippen LogP) is 5.81. The van der Waals surface area contributed by atoms with E-state index in [1.807, 2.05) is 0 Å². The summed E-state index contributed by atoms with van der Waals surface area (Å²) in [6, 6.07) is 12.9. The van der Waals surface area contributed by atoms with E-state index < -0.39 is 16.8 Å². The highest BCUT2D eigenvalue weighted by molar-refractivity contribution is 7.15. The molecule has 3 rings (SSSR count). The molecule has 0 unspecified atom stereocenters. The summed E-state index contributed by atoms with van der Waals surface area (Å²) in [6.45, 7) is 1.82. The number of hydrogen-bond donors (Lipinski definition) is 1. The molecule has 0 aliphatic heterocycles. The molecule has 1 heterocycles. The Bertz CT molecular complexity index is 1150. The second kappa shape index (κ2) is 10.0. The molecular formula is C22H17ClN2O5S. The number of nitro groups is 1. The van der Waals surface area contributed by atoms with Gasteiger partial charge in [0.1, 0.15) is 10.6 Å². The molecular weight excluding hydrogens is 440 g/mol. The van der Waals surface area contributed by atoms with Gasteiger partial charge in [0.2, 0.25) is 5.91 Å². The summed E-state index contributed by atoms with van der Waals surface area (Å²) in [5, 5.41) is 16.3. The van der Waals surface area contributed by atoms with Crippen molar-refractivity contribution in [1.82, 2.24) is 0 Å². The Kier molecular flexibility index (Phi) is 7.17. The number of carbonyl (C=O) groups excluding carboxylic acids is 2. The summed E-state index contributed by atoms with van der Waals surface area (Å²) >= 11 is 6.99. The zero-order valence-corrected chi connectivity index (χ0v) is 17.9. The third-order valence-electron chi connectivity index (χ3n) is 4.17. The zero-order chi connectivity index (χ0) is 22.4. The van der Waals surface area contributed by atoms with Gasteiger partial charge in [-0.15, -0.1) is 11.3 Å². The molecule has 0 bridgehead atoms. The maximum atomic E-state index is 12.6. The number of nitrogens with one attached hydrogen (secondary N) is 1. The number of thiophene rings is 1. The van der Waals surface area contributed by atoms with E-state index >= 15 is 0 Å². The van der Waals surface area contributed by atoms with E-state index in [1.54, 1.807) is 48.7 Å². The number of nitro benzene ring substituents is 1. The highest BCUT2D eigenvalue weighted by atomic mass is 35.5. The van der Waals surface area contributed by atoms with E-state index in [1.165, 1.54) is 24.3 Å². The number of anilines is 1. The van der Waals surface area contributed by atoms with Crippen molar-refractivity contribution in [1.29, 1.82) is 0 Å². The molecule has 31 heavy (non-hydrogen) atoms. The molecule has 0 fully saturated rings. The van der Waals surface area contributed by atoms with Crippen molar-refractivity contribution >= 4 is 51.6 Å². The molecule has 1 aromatic heterocycles. The van der Waals surface area contributed by atoms with Crippen molar-refractivity contribution in [3.8, 4) is 11.1 Å². The minimum Gasteiger partial charge on any atom is -0.462 e. The number of rotatable bonds is 7. The van der Waals surface area contributed by atoms with E-state index in [4.69, 9.17) is 16.3 Å². The second-order valence-electron chi connectivity index (χ2n) is 6.26. The van der Waals surface area contributed by atoms with Crippen LogP contribution in [0.3, 0.4) is 0 Å². The van der Waals surface area contributed by atoms with E-state index in [2.05, 4.69) is 5.32 Å². The van der Waals surface area contributed by atoms with Gasteiger partial charge in [0.05, 0.1) is 11.5 Å². The Balaban J connectivity index is 1.90. The van der Waals surface area contributed by atoms with Crippen LogP contribution in [0.1, 0.15) is 22.8 Å². The number of non-ortho nitro benzene ring substituents is 1. The first-order valence-corrected chi connectivity index (χ1v) is 10.4. The van der Waals surface area contributed by atoms with Gasteiger partial charge < -0.3 is 10.1 Å². The third-order valence-corrected chi connectivity index (χ3v) is 5.32. The minimum absolute atomic E-state index is 0.102. The number of esters is 1. The lowest BCUT2D eigenvalue weighted by atomic mass is 10.0. The number of ether oxygens (including phenoxy) is 1. The Hall–Kier alpha value is -3.49. The zero-order valence-electron chi connectivity index (χ0n) is 16.3. The van der Waals surface area contributed by atoms with Gasteiger partial charge in [-0.3, -0.25) is 14.9 Å². The molecule has 2 aromatic carbocycles. The smallest absolute Gasteiger partial charge is 0.341 e. The molecule has 1 N–H and O–H groups in total. The number of carbonyl (C=O) groups is 2. The average Bonchev–Trinajstić information content (AvgIpc) is 3.17. The Morgan fingerprint density at radius 3 is 2.65 bits per heavy atom. The van der Waals surface area contributed by atoms with Crippen LogP contribution in [0, 0.1) is 10.1 Å². The molecule has 1 amide bonds. The molecule has 0 aliphatic rings. The van der Waals surface area contributed by atoms with Crippen LogP contribution in [0.25, 0.3) is 17.2 Å². The van der Waals surface area contributed by atoms with Crippen LogP contribution in [-0.2, 0) is 9.53 Å². The molecule has 0 atom stereocenters. The predicted molar refractivity (Wildman–Crippen MR) is 121 cm³/mol. The fourth-order valence-electron chi connectivity index (χ4n) is 2.75. The summed E-state index contributed by atoms with van der Waals surface area (Å²) in [7, 11) is 0. The molecule has 7 nitrogen and oxygen atoms in total. The molecule has 0 spiro atoms. The van der Waals surface area contributed by atoms with Gasteiger partial charge in [-0.2, -0.15) is 0 Å². The summed E-state index contributed by atoms with van der Waals surface area (Å²) in [4.78, 5) is 35.6. The topological polar surface area (TPSA) is 98.5 Å². The maximum absolute atomic E-state index is 12.6. The SMILES string of the molecule is CCOC(=O)c1c(-c2cccc([N+](=O)[O-])c2)csc1NC(=O)/C=C/c1ccc(Cl)cc1. The Morgan fingerprint density at radius 2 is 1.97 bits per heavy atom. The van der Waals surface area contributed by atoms with Crippen LogP contribution < -0.4 is 5.32 Å². The fourth-order valence-corrected chi connectivity index (χ4v) is 3.84. The first kappa shape index (κ1) is 22.2. The summed E-state index contributed by atoms with van der Waals surface area (Å²) in [6.07, 6.45) is 2.95. The van der Waals surface area contributed by atoms with E-state index in [-0.39, 0.29) is 17.9 Å². The van der Waals surface area contributed by atoms with Gasteiger partial charge in [-0.25, -0.2) is 4.79 Å². The van der Waals surface area contributed by atoms with Gasteiger partial charge in [0, 0.05) is 34.2 Å². The lowest BCUT2D eigenvalue weighted by Gasteiger charge is -2.08. The lowest BCUT2D eigenvalue weighted by Crippen LogP contribution is -2.12. The summed E-state index contributed by atoms with van der Waals surface area (Å²) in [5.74, 6) is -1.06. The van der Waals surface area contributed by atoms with Crippen LogP contribution in [0.15, 0.2) is 60.0 Å². The van der Waals surface area contributed by atoms with Crippen LogP contribution in [0.2, 0.25) is 5.02 Å². The van der Waals surface area contributed by atoms with Gasteiger partial charge in [0.15, 0.2) is 0 Å². The van der Waals surface area contributed by atoms with Gasteiger partial charge in [-0.05, 0) is 36.3 Å². The van der Waals surface area contributed by atoms with Crippen LogP contribution in [0.4, 0.5) is 10.7 Å². The number of nitrogens with zero attached hydrogens (tertiary/aromatic N) is 1. The standard InChI is InChI=1S/C22H17ClN2O5S/c1-2-30-22(27)20-18(15-4-3-5-17(12-15)25(28)29)13-31-21(20)24-19(26)11-8-14-6-9-16(23)10-7-14/h3-13H,2H2,1H3,(H,24,26)/b11-8+. The molecule has 158 valence electrons. The van der Waals surface area contributed by atoms with Crippen LogP contribution in [0.5, 0.6) is 0 Å². The van der Waals surface area contributed by atoms with Crippen molar-refractivity contribution < 1.29 is 19.2 Å². The lowest BCUT2D eigenvalue weighted by molar-refractivity contribution is -0.384. The Morgan fingerprint density at radius 1 is 1.23 bits per heavy atom. The number of hydrogen-bond acceptors (Lipinski definition) is 6. The molecule has 3 aromatic rings. The van der Waals surface area contributed by atoms with Crippen LogP contribution in [-0.4, -0.2) is 23.4 Å². The Labute approximate surface area is 187 Å². The van der Waals surface area contributed by atoms with Crippen molar-refractivity contribution in [2.75, 3.05) is 11.9 Å². The average molecular weight is 457 g/mol. The van der Waals surface area contributed by atoms with E-state index in [0.29, 0.717) is 21.2 Å². The fraction of sp³-hybridized carbons (Fsp3) is 0.0909. The molecule has 0 saturated carbocycles. The monoisotopic (exact) mass is 456 g/mol. The maximum Gasteiger partial charge on any atom is 0.341 e. The van der Waals surface area contributed by atoms with Gasteiger partial charge in [0.25, 0.3) is 5.69 Å². The normalized spacial score (nSPS) is 10.8. The van der Waals surface area contributed by atoms with E-state index in [9.17, 15) is 19.7 Å². The summed E-state index contributed by atoms with van der Waals surface area (Å²) in [5.41, 5.74) is 1.76. The van der Waals surface area contributed by atoms with Crippen molar-refractivity contribution in [2.45, 2.75) is 6.92 Å². The number of benzene rings is 2. The second-order valence-corrected chi connectivity index (χ2v) is 7.57. The first-order chi connectivity index (χ1) is 14.9. The largest absolute Gasteiger partial charge is 0.462 e. The van der Waals surface area contributed by atoms with Crippen LogP contribution >= 0.6 is 22.9 Å². The minimum atomic E-state index is -0.623. The van der Waals surface area contributed by atoms with Gasteiger partial charge in [-0.1, -0.05) is 35.9 Å². The molecule has 0 aliphatic carbocycles. The molecule has 9 heteroatoms. The highest BCUT2D eigenvalue weighted by Crippen LogP contribution is 2.37. The molecule has 0 radical (unpaired) electrons. The van der Waals surface area contributed by atoms with E-state index in [0.717, 1.165) is 16.9 Å². The quantitative estimate of drug-likeness (QED) is 0.209. The number of halogens is 1. The first-order valence-electron chi connectivity index (χ1n) is 9.17. The third kappa shape index (κ3) is 5.56. The number of amides is 1. The van der Waals surface area contributed by atoms with Gasteiger partial charge >= 0.3 is 5.97 Å². The van der Waals surface area contributed by atoms with Crippen molar-refractivity contribution in [2.24, 2.45) is 0 Å². The highest BCUT2D eigenvalue weighted by Gasteiger charge is 2.23. The van der Waals surface area contributed by atoms with Crippen molar-refractivity contribution in [3.63, 3.8) is 0 Å². The molecule has 0 saturated heterocycles. The van der Waals surface area contributed by atoms with Crippen molar-refractivity contribution in [3.05, 3.63) is 86.3 Å².